The number of carbonyl (C=O) groups is 3. The number of aliphatic hydroxyl groups is 2. The van der Waals surface area contributed by atoms with Crippen molar-refractivity contribution in [3.05, 3.63) is 71.2 Å². The number of allylic oxidation sites excluding steroid dienone is 2. The average molecular weight is 802 g/mol. The second-order valence-electron chi connectivity index (χ2n) is 15.5. The van der Waals surface area contributed by atoms with Gasteiger partial charge in [0, 0.05) is 61.4 Å². The topological polar surface area (TPSA) is 198 Å². The Morgan fingerprint density at radius 2 is 1.72 bits per heavy atom. The van der Waals surface area contributed by atoms with E-state index in [9.17, 15) is 34.8 Å². The molecule has 14 nitrogen and oxygen atoms in total. The predicted molar refractivity (Wildman–Crippen MR) is 220 cm³/mol. The molecular formula is C44H55N3O11. The molecule has 0 saturated heterocycles. The van der Waals surface area contributed by atoms with E-state index in [-0.39, 0.29) is 61.8 Å². The van der Waals surface area contributed by atoms with Crippen LogP contribution in [0.15, 0.2) is 54.5 Å². The molecule has 14 heteroatoms. The number of esters is 1. The summed E-state index contributed by atoms with van der Waals surface area (Å²) in [6.07, 6.45) is 7.36. The Labute approximate surface area is 337 Å². The summed E-state index contributed by atoms with van der Waals surface area (Å²) in [5.41, 5.74) is 2.27. The lowest BCUT2D eigenvalue weighted by Crippen LogP contribution is -2.42. The van der Waals surface area contributed by atoms with Gasteiger partial charge < -0.3 is 44.7 Å². The number of Topliss-reactive ketones (excluding diaryl/α,β-unsaturated/α-hetero) is 1. The molecule has 58 heavy (non-hydrogen) atoms. The molecule has 2 aromatic heterocycles. The molecule has 4 aromatic rings. The van der Waals surface area contributed by atoms with Crippen LogP contribution in [-0.2, 0) is 23.8 Å². The van der Waals surface area contributed by atoms with Crippen molar-refractivity contribution >= 4 is 50.8 Å². The number of ether oxygens (including phenoxy) is 4. The first-order valence-electron chi connectivity index (χ1n) is 19.4. The van der Waals surface area contributed by atoms with Crippen LogP contribution in [0.2, 0.25) is 0 Å². The second kappa shape index (κ2) is 17.2. The molecule has 0 aliphatic carbocycles. The number of rotatable bonds is 15. The molecule has 1 aliphatic heterocycles. The minimum atomic E-state index is -1.81. The number of aliphatic hydroxyl groups excluding tert-OH is 2. The number of hydrogen-bond acceptors (Lipinski definition) is 12. The number of aryl methyl sites for hydroxylation is 1. The van der Waals surface area contributed by atoms with Crippen molar-refractivity contribution in [3.8, 4) is 17.2 Å². The number of phenolic OH excluding ortho intramolecular Hbond substituents is 2. The molecule has 0 spiro atoms. The molecule has 8 atom stereocenters. The number of ketones is 1. The Kier molecular flexibility index (Phi) is 12.9. The van der Waals surface area contributed by atoms with Gasteiger partial charge in [-0.1, -0.05) is 45.9 Å². The highest BCUT2D eigenvalue weighted by Gasteiger charge is 2.49. The number of aromatic hydroxyl groups is 2. The number of nitrogens with one attached hydrogen (secondary N) is 1. The highest BCUT2D eigenvalue weighted by Crippen LogP contribution is 2.54. The van der Waals surface area contributed by atoms with Gasteiger partial charge in [0.2, 0.25) is 0 Å². The number of imidazole rings is 1. The standard InChI is InChI=1S/C44H55N3O11/c1-12-29(57-28(9)48)25(6)38(50)26(7)37(49)22(3)14-13-15-23(4)43(54)46-35-36-34(45-30-20-21(2)16-18-47(30)36)31-32(40(35)52)39(51)27(8)41-33(31)42(53)44(10,58-41)56-19-17-24(5)55-11/h13-20,22,24-26,29,37-38,49-52H,12H2,1-11H3,(H,46,54)/b14-13+,19-17+,23-15-/t22-,24+,25-,26+,29+,37-,38-,44-/m0/s1. The molecule has 0 radical (unpaired) electrons. The first-order chi connectivity index (χ1) is 27.3. The normalized spacial score (nSPS) is 19.6. The van der Waals surface area contributed by atoms with E-state index in [2.05, 4.69) is 5.32 Å². The maximum Gasteiger partial charge on any atom is 0.312 e. The summed E-state index contributed by atoms with van der Waals surface area (Å²) >= 11 is 0. The lowest BCUT2D eigenvalue weighted by atomic mass is 9.81. The molecule has 1 amide bonds. The van der Waals surface area contributed by atoms with E-state index in [1.165, 1.54) is 27.2 Å². The zero-order valence-electron chi connectivity index (χ0n) is 34.9. The van der Waals surface area contributed by atoms with Crippen LogP contribution in [0.3, 0.4) is 0 Å². The molecule has 0 fully saturated rings. The lowest BCUT2D eigenvalue weighted by molar-refractivity contribution is -0.153. The summed E-state index contributed by atoms with van der Waals surface area (Å²) in [5, 5.41) is 48.6. The number of benzene rings is 2. The molecule has 0 unspecified atom stereocenters. The number of carbonyl (C=O) groups excluding carboxylic acids is 3. The van der Waals surface area contributed by atoms with Crippen molar-refractivity contribution < 1.29 is 53.8 Å². The molecule has 0 saturated carbocycles. The number of pyridine rings is 1. The number of methoxy groups -OCH3 is 1. The number of nitrogens with zero attached hydrogens (tertiary/aromatic N) is 2. The van der Waals surface area contributed by atoms with Crippen molar-refractivity contribution in [2.75, 3.05) is 12.4 Å². The van der Waals surface area contributed by atoms with Gasteiger partial charge in [0.15, 0.2) is 5.75 Å². The second-order valence-corrected chi connectivity index (χ2v) is 15.5. The lowest BCUT2D eigenvalue weighted by Gasteiger charge is -2.34. The Bertz CT molecular complexity index is 2340. The van der Waals surface area contributed by atoms with Crippen molar-refractivity contribution in [1.29, 1.82) is 0 Å². The zero-order valence-corrected chi connectivity index (χ0v) is 34.9. The van der Waals surface area contributed by atoms with Crippen LogP contribution in [-0.4, -0.2) is 84.8 Å². The van der Waals surface area contributed by atoms with E-state index in [0.29, 0.717) is 12.1 Å². The van der Waals surface area contributed by atoms with Gasteiger partial charge in [0.25, 0.3) is 11.7 Å². The molecule has 3 heterocycles. The molecule has 0 bridgehead atoms. The number of amides is 1. The monoisotopic (exact) mass is 801 g/mol. The molecular weight excluding hydrogens is 746 g/mol. The molecule has 1 aliphatic rings. The van der Waals surface area contributed by atoms with Crippen LogP contribution in [0.4, 0.5) is 5.69 Å². The Morgan fingerprint density at radius 1 is 1.03 bits per heavy atom. The Balaban J connectivity index is 1.51. The summed E-state index contributed by atoms with van der Waals surface area (Å²) < 4.78 is 24.2. The third-order valence-electron chi connectivity index (χ3n) is 11.2. The third kappa shape index (κ3) is 8.13. The molecule has 312 valence electrons. The predicted octanol–water partition coefficient (Wildman–Crippen LogP) is 6.94. The third-order valence-corrected chi connectivity index (χ3v) is 11.2. The van der Waals surface area contributed by atoms with Gasteiger partial charge in [-0.2, -0.15) is 0 Å². The van der Waals surface area contributed by atoms with E-state index in [4.69, 9.17) is 23.9 Å². The fraction of sp³-hybridized carbons (Fsp3) is 0.455. The highest BCUT2D eigenvalue weighted by atomic mass is 16.7. The van der Waals surface area contributed by atoms with Gasteiger partial charge in [0.05, 0.1) is 35.5 Å². The first kappa shape index (κ1) is 43.7. The Morgan fingerprint density at radius 3 is 2.36 bits per heavy atom. The van der Waals surface area contributed by atoms with Crippen molar-refractivity contribution in [2.24, 2.45) is 17.8 Å². The van der Waals surface area contributed by atoms with Gasteiger partial charge in [0.1, 0.15) is 40.0 Å². The summed E-state index contributed by atoms with van der Waals surface area (Å²) in [4.78, 5) is 44.5. The van der Waals surface area contributed by atoms with Gasteiger partial charge in [-0.05, 0) is 57.9 Å². The Hall–Kier alpha value is -5.44. The van der Waals surface area contributed by atoms with E-state index in [0.717, 1.165) is 5.56 Å². The van der Waals surface area contributed by atoms with Crippen LogP contribution in [0.25, 0.3) is 27.5 Å². The summed E-state index contributed by atoms with van der Waals surface area (Å²) in [7, 11) is 1.53. The van der Waals surface area contributed by atoms with Crippen molar-refractivity contribution in [2.45, 2.75) is 106 Å². The largest absolute Gasteiger partial charge is 0.507 e. The van der Waals surface area contributed by atoms with Crippen LogP contribution < -0.4 is 10.1 Å². The van der Waals surface area contributed by atoms with Gasteiger partial charge >= 0.3 is 11.8 Å². The zero-order chi connectivity index (χ0) is 43.0. The minimum absolute atomic E-state index is 0.0445. The van der Waals surface area contributed by atoms with Gasteiger partial charge in [-0.25, -0.2) is 4.98 Å². The van der Waals surface area contributed by atoms with Crippen LogP contribution in [0, 0.1) is 31.6 Å². The molecule has 5 rings (SSSR count). The quantitative estimate of drug-likeness (QED) is 0.0273. The van der Waals surface area contributed by atoms with E-state index in [1.54, 1.807) is 76.4 Å². The summed E-state index contributed by atoms with van der Waals surface area (Å²) in [6, 6.07) is 3.64. The molecule has 2 aromatic carbocycles. The number of phenols is 2. The fourth-order valence-corrected chi connectivity index (χ4v) is 7.40. The van der Waals surface area contributed by atoms with Crippen molar-refractivity contribution in [1.82, 2.24) is 9.38 Å². The van der Waals surface area contributed by atoms with Crippen molar-refractivity contribution in [3.63, 3.8) is 0 Å². The van der Waals surface area contributed by atoms with Crippen LogP contribution >= 0.6 is 0 Å². The smallest absolute Gasteiger partial charge is 0.312 e. The maximum absolute atomic E-state index is 14.2. The minimum Gasteiger partial charge on any atom is -0.507 e. The van der Waals surface area contributed by atoms with Crippen LogP contribution in [0.1, 0.15) is 83.3 Å². The number of fused-ring (bicyclic) bond motifs is 7. The van der Waals surface area contributed by atoms with Crippen LogP contribution in [0.5, 0.6) is 17.2 Å². The molecule has 5 N–H and O–H groups in total. The highest BCUT2D eigenvalue weighted by molar-refractivity contribution is 6.28. The number of hydrogen-bond donors (Lipinski definition) is 5. The van der Waals surface area contributed by atoms with E-state index >= 15 is 0 Å². The van der Waals surface area contributed by atoms with E-state index in [1.807, 2.05) is 26.0 Å². The number of anilines is 1. The van der Waals surface area contributed by atoms with Gasteiger partial charge in [-0.15, -0.1) is 0 Å². The van der Waals surface area contributed by atoms with Gasteiger partial charge in [-0.3, -0.25) is 18.8 Å². The summed E-state index contributed by atoms with van der Waals surface area (Å²) in [5.74, 6) is -5.59. The number of aromatic nitrogens is 2. The summed E-state index contributed by atoms with van der Waals surface area (Å²) in [6.45, 7) is 16.8. The first-order valence-corrected chi connectivity index (χ1v) is 19.4. The SMILES string of the molecule is CC[C@@H](OC(C)=O)[C@H](C)[C@H](O)[C@H](C)[C@@H](O)[C@@H](C)/C=C/C=C(/C)C(=O)Nc1c(O)c2c(O)c(C)c3c(c2c2nc4cc(C)ccn4c12)C(=O)[C@@](C)(O/C=C/[C@@H](C)OC)O3. The fourth-order valence-electron chi connectivity index (χ4n) is 7.40. The average Bonchev–Trinajstić information content (AvgIpc) is 3.68. The van der Waals surface area contributed by atoms with E-state index < -0.39 is 65.3 Å². The maximum atomic E-state index is 14.2.